The fourth-order valence-corrected chi connectivity index (χ4v) is 4.20. The summed E-state index contributed by atoms with van der Waals surface area (Å²) in [6, 6.07) is 17.6. The summed E-state index contributed by atoms with van der Waals surface area (Å²) in [5, 5.41) is 3.76. The average molecular weight is 498 g/mol. The lowest BCUT2D eigenvalue weighted by molar-refractivity contribution is 0.354. The molecule has 0 amide bonds. The minimum absolute atomic E-state index is 0.128. The smallest absolute Gasteiger partial charge is 0.160 e. The molecule has 0 radical (unpaired) electrons. The number of methoxy groups -OCH3 is 2. The molecule has 2 aromatic heterocycles. The van der Waals surface area contributed by atoms with Crippen molar-refractivity contribution in [2.45, 2.75) is 6.42 Å². The molecule has 0 aliphatic rings. The number of benzene rings is 2. The Morgan fingerprint density at radius 1 is 0.882 bits per heavy atom. The van der Waals surface area contributed by atoms with Gasteiger partial charge in [-0.25, -0.2) is 9.37 Å². The van der Waals surface area contributed by atoms with Gasteiger partial charge in [-0.15, -0.1) is 0 Å². The van der Waals surface area contributed by atoms with Gasteiger partial charge in [-0.05, 0) is 54.4 Å². The van der Waals surface area contributed by atoms with E-state index in [2.05, 4.69) is 15.3 Å². The van der Waals surface area contributed by atoms with Crippen molar-refractivity contribution in [2.24, 2.45) is 0 Å². The Hall–Kier alpha value is -3.35. The van der Waals surface area contributed by atoms with Crippen molar-refractivity contribution in [2.75, 3.05) is 26.1 Å². The molecular weight excluding hydrogens is 476 g/mol. The zero-order valence-electron chi connectivity index (χ0n) is 18.6. The maximum Gasteiger partial charge on any atom is 0.160 e. The number of hydrogen-bond acceptors (Lipinski definition) is 5. The third kappa shape index (κ3) is 5.08. The zero-order valence-corrected chi connectivity index (χ0v) is 20.1. The van der Waals surface area contributed by atoms with Gasteiger partial charge < -0.3 is 14.8 Å². The predicted octanol–water partition coefficient (Wildman–Crippen LogP) is 6.93. The fraction of sp³-hybridized carbons (Fsp3) is 0.154. The number of nitrogens with zero attached hydrogens (tertiary/aromatic N) is 2. The van der Waals surface area contributed by atoms with Crippen LogP contribution in [0.1, 0.15) is 5.56 Å². The summed E-state index contributed by atoms with van der Waals surface area (Å²) in [5.41, 5.74) is 3.46. The molecule has 4 aromatic rings. The molecule has 5 nitrogen and oxygen atoms in total. The number of ether oxygens (including phenoxy) is 2. The van der Waals surface area contributed by atoms with Crippen LogP contribution in [-0.4, -0.2) is 30.7 Å². The molecule has 174 valence electrons. The van der Waals surface area contributed by atoms with Crippen LogP contribution in [-0.2, 0) is 6.42 Å². The SMILES string of the molecule is COc1ccc(CCNc2cc(-c3ccccn3)nc(Cl)c2-c2c(F)cccc2Cl)cc1OC. The summed E-state index contributed by atoms with van der Waals surface area (Å²) in [4.78, 5) is 8.84. The van der Waals surface area contributed by atoms with Gasteiger partial charge in [0, 0.05) is 29.6 Å². The first kappa shape index (κ1) is 23.8. The molecule has 0 saturated heterocycles. The van der Waals surface area contributed by atoms with Crippen molar-refractivity contribution in [3.63, 3.8) is 0 Å². The minimum Gasteiger partial charge on any atom is -0.493 e. The highest BCUT2D eigenvalue weighted by atomic mass is 35.5. The van der Waals surface area contributed by atoms with Crippen LogP contribution in [0.2, 0.25) is 10.2 Å². The van der Waals surface area contributed by atoms with Crippen molar-refractivity contribution in [1.82, 2.24) is 9.97 Å². The summed E-state index contributed by atoms with van der Waals surface area (Å²) in [5.74, 6) is 0.838. The molecule has 0 unspecified atom stereocenters. The van der Waals surface area contributed by atoms with E-state index in [1.54, 1.807) is 38.6 Å². The first-order chi connectivity index (χ1) is 16.5. The van der Waals surface area contributed by atoms with E-state index < -0.39 is 5.82 Å². The van der Waals surface area contributed by atoms with E-state index >= 15 is 0 Å². The lowest BCUT2D eigenvalue weighted by atomic mass is 10.0. The van der Waals surface area contributed by atoms with Gasteiger partial charge in [0.1, 0.15) is 11.0 Å². The second kappa shape index (κ2) is 10.7. The molecule has 0 atom stereocenters. The number of hydrogen-bond donors (Lipinski definition) is 1. The quantitative estimate of drug-likeness (QED) is 0.267. The fourth-order valence-electron chi connectivity index (χ4n) is 3.65. The third-order valence-corrected chi connectivity index (χ3v) is 5.88. The van der Waals surface area contributed by atoms with Gasteiger partial charge in [-0.3, -0.25) is 4.98 Å². The van der Waals surface area contributed by atoms with E-state index in [-0.39, 0.29) is 15.7 Å². The van der Waals surface area contributed by atoms with Crippen LogP contribution in [0.25, 0.3) is 22.5 Å². The van der Waals surface area contributed by atoms with Gasteiger partial charge in [0.2, 0.25) is 0 Å². The molecule has 2 aromatic carbocycles. The van der Waals surface area contributed by atoms with Crippen molar-refractivity contribution in [1.29, 1.82) is 0 Å². The third-order valence-electron chi connectivity index (χ3n) is 5.29. The minimum atomic E-state index is -0.482. The van der Waals surface area contributed by atoms with Gasteiger partial charge in [-0.1, -0.05) is 41.4 Å². The van der Waals surface area contributed by atoms with Gasteiger partial charge in [0.05, 0.1) is 30.6 Å². The van der Waals surface area contributed by atoms with Gasteiger partial charge in [-0.2, -0.15) is 0 Å². The number of rotatable bonds is 8. The maximum absolute atomic E-state index is 14.8. The number of halogens is 3. The molecule has 1 N–H and O–H groups in total. The van der Waals surface area contributed by atoms with Crippen LogP contribution < -0.4 is 14.8 Å². The first-order valence-corrected chi connectivity index (χ1v) is 11.3. The van der Waals surface area contributed by atoms with E-state index in [1.807, 2.05) is 36.4 Å². The van der Waals surface area contributed by atoms with E-state index in [1.165, 1.54) is 6.07 Å². The monoisotopic (exact) mass is 497 g/mol. The van der Waals surface area contributed by atoms with Gasteiger partial charge >= 0.3 is 0 Å². The van der Waals surface area contributed by atoms with Crippen molar-refractivity contribution >= 4 is 28.9 Å². The lowest BCUT2D eigenvalue weighted by Crippen LogP contribution is -2.08. The standard InChI is InChI=1S/C26H22Cl2FN3O2/c1-33-22-10-9-16(14-23(22)34-2)11-13-31-21-15-20(19-8-3-4-12-30-19)32-26(28)25(21)24-17(27)6-5-7-18(24)29/h3-10,12,14-15H,11,13H2,1-2H3,(H,31,32). The Balaban J connectivity index is 1.70. The van der Waals surface area contributed by atoms with Crippen molar-refractivity contribution < 1.29 is 13.9 Å². The Morgan fingerprint density at radius 3 is 2.41 bits per heavy atom. The van der Waals surface area contributed by atoms with E-state index in [4.69, 9.17) is 32.7 Å². The summed E-state index contributed by atoms with van der Waals surface area (Å²) in [7, 11) is 3.20. The molecule has 8 heteroatoms. The molecule has 0 saturated carbocycles. The van der Waals surface area contributed by atoms with Crippen molar-refractivity contribution in [3.8, 4) is 34.0 Å². The normalized spacial score (nSPS) is 10.7. The lowest BCUT2D eigenvalue weighted by Gasteiger charge is -2.17. The molecule has 0 aliphatic heterocycles. The second-order valence-electron chi connectivity index (χ2n) is 7.40. The van der Waals surface area contributed by atoms with Crippen molar-refractivity contribution in [3.05, 3.63) is 88.4 Å². The number of anilines is 1. The topological polar surface area (TPSA) is 56.3 Å². The Bertz CT molecular complexity index is 1280. The largest absolute Gasteiger partial charge is 0.493 e. The molecule has 4 rings (SSSR count). The summed E-state index contributed by atoms with van der Waals surface area (Å²) >= 11 is 13.0. The Kier molecular flexibility index (Phi) is 7.50. The Labute approximate surface area is 207 Å². The van der Waals surface area contributed by atoms with Crippen LogP contribution in [0, 0.1) is 5.82 Å². The molecule has 0 spiro atoms. The van der Waals surface area contributed by atoms with Crippen LogP contribution in [0.3, 0.4) is 0 Å². The number of aromatic nitrogens is 2. The summed E-state index contributed by atoms with van der Waals surface area (Å²) < 4.78 is 25.5. The first-order valence-electron chi connectivity index (χ1n) is 10.5. The van der Waals surface area contributed by atoms with E-state index in [0.717, 1.165) is 5.56 Å². The summed E-state index contributed by atoms with van der Waals surface area (Å²) in [6.45, 7) is 0.538. The Morgan fingerprint density at radius 2 is 1.71 bits per heavy atom. The highest BCUT2D eigenvalue weighted by Crippen LogP contribution is 2.41. The zero-order chi connectivity index (χ0) is 24.1. The molecule has 2 heterocycles. The van der Waals surface area contributed by atoms with Crippen LogP contribution in [0.15, 0.2) is 66.9 Å². The van der Waals surface area contributed by atoms with Gasteiger partial charge in [0.15, 0.2) is 11.5 Å². The molecule has 0 fully saturated rings. The molecular formula is C26H22Cl2FN3O2. The van der Waals surface area contributed by atoms with E-state index in [0.29, 0.717) is 47.1 Å². The molecule has 0 bridgehead atoms. The van der Waals surface area contributed by atoms with Crippen LogP contribution >= 0.6 is 23.2 Å². The van der Waals surface area contributed by atoms with E-state index in [9.17, 15) is 4.39 Å². The van der Waals surface area contributed by atoms with Crippen LogP contribution in [0.4, 0.5) is 10.1 Å². The maximum atomic E-state index is 14.8. The average Bonchev–Trinajstić information content (AvgIpc) is 2.85. The molecule has 34 heavy (non-hydrogen) atoms. The number of pyridine rings is 2. The second-order valence-corrected chi connectivity index (χ2v) is 8.16. The van der Waals surface area contributed by atoms with Gasteiger partial charge in [0.25, 0.3) is 0 Å². The highest BCUT2D eigenvalue weighted by Gasteiger charge is 2.20. The number of nitrogens with one attached hydrogen (secondary N) is 1. The molecule has 0 aliphatic carbocycles. The predicted molar refractivity (Wildman–Crippen MR) is 135 cm³/mol. The highest BCUT2D eigenvalue weighted by molar-refractivity contribution is 6.36. The van der Waals surface area contributed by atoms with Crippen LogP contribution in [0.5, 0.6) is 11.5 Å². The summed E-state index contributed by atoms with van der Waals surface area (Å²) in [6.07, 6.45) is 2.35.